The van der Waals surface area contributed by atoms with Gasteiger partial charge in [-0.05, 0) is 0 Å². The zero-order chi connectivity index (χ0) is 10.3. The summed E-state index contributed by atoms with van der Waals surface area (Å²) in [4.78, 5) is 0. The van der Waals surface area contributed by atoms with E-state index in [9.17, 15) is 13.0 Å². The third-order valence-electron chi connectivity index (χ3n) is 1.03. The lowest BCUT2D eigenvalue weighted by Crippen LogP contribution is -2.34. The minimum atomic E-state index is -4.49. The molecule has 6 nitrogen and oxygen atoms in total. The van der Waals surface area contributed by atoms with Crippen LogP contribution in [-0.4, -0.2) is 49.8 Å². The normalized spacial score (nSPS) is 14.4. The SMILES string of the molecule is O=S(=O)([O-])NCC(O)COCCCl. The van der Waals surface area contributed by atoms with E-state index >= 15 is 0 Å². The van der Waals surface area contributed by atoms with Gasteiger partial charge in [-0.2, -0.15) is 0 Å². The van der Waals surface area contributed by atoms with Gasteiger partial charge >= 0.3 is 0 Å². The van der Waals surface area contributed by atoms with Gasteiger partial charge in [0, 0.05) is 12.4 Å². The number of hydrogen-bond donors (Lipinski definition) is 2. The Morgan fingerprint density at radius 2 is 2.23 bits per heavy atom. The fraction of sp³-hybridized carbons (Fsp3) is 1.00. The average Bonchev–Trinajstić information content (AvgIpc) is 2.00. The molecule has 1 atom stereocenters. The van der Waals surface area contributed by atoms with Gasteiger partial charge in [0.25, 0.3) is 0 Å². The summed E-state index contributed by atoms with van der Waals surface area (Å²) in [7, 11) is -4.49. The van der Waals surface area contributed by atoms with Crippen molar-refractivity contribution in [1.29, 1.82) is 0 Å². The number of hydrogen-bond acceptors (Lipinski definition) is 5. The summed E-state index contributed by atoms with van der Waals surface area (Å²) in [6.45, 7) is -0.147. The molecule has 0 saturated heterocycles. The summed E-state index contributed by atoms with van der Waals surface area (Å²) in [6, 6.07) is 0. The van der Waals surface area contributed by atoms with E-state index in [0.29, 0.717) is 5.88 Å². The smallest absolute Gasteiger partial charge is 0.159 e. The van der Waals surface area contributed by atoms with Crippen LogP contribution in [0.15, 0.2) is 0 Å². The summed E-state index contributed by atoms with van der Waals surface area (Å²) < 4.78 is 36.5. The molecule has 13 heavy (non-hydrogen) atoms. The first-order valence-electron chi connectivity index (χ1n) is 3.48. The quantitative estimate of drug-likeness (QED) is 0.321. The van der Waals surface area contributed by atoms with Crippen LogP contribution >= 0.6 is 11.6 Å². The monoisotopic (exact) mass is 232 g/mol. The Hall–Kier alpha value is 0.0800. The maximum Gasteiger partial charge on any atom is 0.159 e. The number of aliphatic hydroxyl groups is 1. The van der Waals surface area contributed by atoms with Gasteiger partial charge in [-0.1, -0.05) is 0 Å². The number of aliphatic hydroxyl groups excluding tert-OH is 1. The van der Waals surface area contributed by atoms with Gasteiger partial charge in [-0.15, -0.1) is 11.6 Å². The van der Waals surface area contributed by atoms with E-state index < -0.39 is 16.4 Å². The second-order valence-corrected chi connectivity index (χ2v) is 3.80. The highest BCUT2D eigenvalue weighted by atomic mass is 35.5. The topological polar surface area (TPSA) is 98.7 Å². The van der Waals surface area contributed by atoms with E-state index in [4.69, 9.17) is 21.4 Å². The molecule has 0 fully saturated rings. The van der Waals surface area contributed by atoms with Crippen LogP contribution in [-0.2, 0) is 15.0 Å². The van der Waals surface area contributed by atoms with Crippen LogP contribution in [0.3, 0.4) is 0 Å². The van der Waals surface area contributed by atoms with Crippen LogP contribution in [0.25, 0.3) is 0 Å². The Kier molecular flexibility index (Phi) is 6.56. The van der Waals surface area contributed by atoms with E-state index in [0.717, 1.165) is 0 Å². The first kappa shape index (κ1) is 13.1. The molecule has 0 aliphatic heterocycles. The highest BCUT2D eigenvalue weighted by molar-refractivity contribution is 7.83. The molecule has 2 N–H and O–H groups in total. The highest BCUT2D eigenvalue weighted by Gasteiger charge is 2.04. The highest BCUT2D eigenvalue weighted by Crippen LogP contribution is 1.86. The van der Waals surface area contributed by atoms with Gasteiger partial charge in [0.2, 0.25) is 0 Å². The largest absolute Gasteiger partial charge is 0.735 e. The van der Waals surface area contributed by atoms with Crippen LogP contribution < -0.4 is 4.72 Å². The number of rotatable bonds is 7. The summed E-state index contributed by atoms with van der Waals surface area (Å²) in [6.07, 6.45) is -1.04. The maximum absolute atomic E-state index is 10.0. The lowest BCUT2D eigenvalue weighted by Gasteiger charge is -2.13. The molecule has 0 saturated carbocycles. The summed E-state index contributed by atoms with van der Waals surface area (Å²) in [5, 5.41) is 9.01. The van der Waals surface area contributed by atoms with Crippen LogP contribution in [0.4, 0.5) is 0 Å². The molecule has 0 spiro atoms. The van der Waals surface area contributed by atoms with Crippen molar-refractivity contribution in [3.8, 4) is 0 Å². The fourth-order valence-corrected chi connectivity index (χ4v) is 1.04. The second kappa shape index (κ2) is 6.52. The molecular weight excluding hydrogens is 222 g/mol. The number of alkyl halides is 1. The van der Waals surface area contributed by atoms with Crippen molar-refractivity contribution in [3.63, 3.8) is 0 Å². The third-order valence-corrected chi connectivity index (χ3v) is 1.70. The van der Waals surface area contributed by atoms with Crippen molar-refractivity contribution in [2.45, 2.75) is 6.10 Å². The second-order valence-electron chi connectivity index (χ2n) is 2.22. The van der Waals surface area contributed by atoms with Crippen LogP contribution in [0.2, 0.25) is 0 Å². The lowest BCUT2D eigenvalue weighted by molar-refractivity contribution is 0.0461. The molecule has 0 aliphatic carbocycles. The van der Waals surface area contributed by atoms with Crippen LogP contribution in [0, 0.1) is 0 Å². The minimum absolute atomic E-state index is 0.0603. The van der Waals surface area contributed by atoms with Crippen molar-refractivity contribution in [1.82, 2.24) is 4.72 Å². The van der Waals surface area contributed by atoms with E-state index in [1.807, 2.05) is 0 Å². The molecule has 0 rings (SSSR count). The predicted molar refractivity (Wildman–Crippen MR) is 45.2 cm³/mol. The standard InChI is InChI=1S/C5H12ClNO5S/c6-1-2-12-4-5(8)3-7-13(9,10)11/h5,7-8H,1-4H2,(H,9,10,11)/p-1. The van der Waals surface area contributed by atoms with Crippen molar-refractivity contribution in [3.05, 3.63) is 0 Å². The third kappa shape index (κ3) is 10.00. The van der Waals surface area contributed by atoms with Crippen molar-refractivity contribution in [2.75, 3.05) is 25.6 Å². The van der Waals surface area contributed by atoms with Gasteiger partial charge in [0.15, 0.2) is 10.3 Å². The molecule has 0 aromatic carbocycles. The molecule has 0 aromatic rings. The molecule has 1 unspecified atom stereocenters. The molecule has 8 heteroatoms. The molecule has 0 bridgehead atoms. The minimum Gasteiger partial charge on any atom is -0.735 e. The lowest BCUT2D eigenvalue weighted by atomic mass is 10.4. The first-order chi connectivity index (χ1) is 5.95. The van der Waals surface area contributed by atoms with Crippen LogP contribution in [0.1, 0.15) is 0 Å². The maximum atomic E-state index is 10.0. The molecule has 0 amide bonds. The van der Waals surface area contributed by atoms with Crippen molar-refractivity contribution in [2.24, 2.45) is 0 Å². The van der Waals surface area contributed by atoms with E-state index in [1.54, 1.807) is 4.72 Å². The van der Waals surface area contributed by atoms with Crippen molar-refractivity contribution < 1.29 is 22.8 Å². The Labute approximate surface area is 81.7 Å². The zero-order valence-electron chi connectivity index (χ0n) is 6.77. The van der Waals surface area contributed by atoms with E-state index in [-0.39, 0.29) is 19.8 Å². The summed E-state index contributed by atoms with van der Waals surface area (Å²) >= 11 is 5.27. The van der Waals surface area contributed by atoms with E-state index in [1.165, 1.54) is 0 Å². The number of halogens is 1. The van der Waals surface area contributed by atoms with Gasteiger partial charge in [0.1, 0.15) is 0 Å². The van der Waals surface area contributed by atoms with Gasteiger partial charge in [0.05, 0.1) is 19.3 Å². The number of nitrogens with one attached hydrogen (secondary N) is 1. The molecule has 80 valence electrons. The summed E-state index contributed by atoms with van der Waals surface area (Å²) in [5.74, 6) is 0.292. The number of ether oxygens (including phenoxy) is 1. The Morgan fingerprint density at radius 3 is 2.69 bits per heavy atom. The molecular formula is C5H11ClNO5S-. The average molecular weight is 233 g/mol. The van der Waals surface area contributed by atoms with Gasteiger partial charge < -0.3 is 14.4 Å². The molecule has 0 heterocycles. The van der Waals surface area contributed by atoms with Crippen LogP contribution in [0.5, 0.6) is 0 Å². The molecule has 0 aromatic heterocycles. The Morgan fingerprint density at radius 1 is 1.62 bits per heavy atom. The Bertz CT molecular complexity index is 219. The van der Waals surface area contributed by atoms with E-state index in [2.05, 4.69) is 0 Å². The predicted octanol–water partition coefficient (Wildman–Crippen LogP) is -1.35. The van der Waals surface area contributed by atoms with Gasteiger partial charge in [-0.3, -0.25) is 0 Å². The zero-order valence-corrected chi connectivity index (χ0v) is 8.34. The Balaban J connectivity index is 3.46. The van der Waals surface area contributed by atoms with Crippen molar-refractivity contribution >= 4 is 21.9 Å². The van der Waals surface area contributed by atoms with Gasteiger partial charge in [-0.25, -0.2) is 13.1 Å². The summed E-state index contributed by atoms with van der Waals surface area (Å²) in [5.41, 5.74) is 0. The molecule has 0 radical (unpaired) electrons. The first-order valence-corrected chi connectivity index (χ1v) is 5.42. The fourth-order valence-electron chi connectivity index (χ4n) is 0.531. The molecule has 0 aliphatic rings.